The zero-order valence-corrected chi connectivity index (χ0v) is 17.0. The maximum atomic E-state index is 12.7. The number of sulfone groups is 1. The number of piperazine rings is 1. The smallest absolute Gasteiger partial charge is 0.254 e. The number of nitrogens with zero attached hydrogens (tertiary/aromatic N) is 2. The van der Waals surface area contributed by atoms with Crippen LogP contribution in [0, 0.1) is 0 Å². The van der Waals surface area contributed by atoms with Crippen molar-refractivity contribution in [2.75, 3.05) is 39.0 Å². The monoisotopic (exact) mass is 415 g/mol. The van der Waals surface area contributed by atoms with E-state index in [2.05, 4.69) is 5.32 Å². The maximum Gasteiger partial charge on any atom is 0.254 e. The highest BCUT2D eigenvalue weighted by molar-refractivity contribution is 7.90. The van der Waals surface area contributed by atoms with E-state index in [9.17, 15) is 18.0 Å². The molecule has 0 aromatic heterocycles. The molecule has 1 aromatic rings. The molecule has 3 rings (SSSR count). The van der Waals surface area contributed by atoms with Crippen molar-refractivity contribution in [2.45, 2.75) is 30.2 Å². The summed E-state index contributed by atoms with van der Waals surface area (Å²) < 4.78 is 23.4. The molecule has 27 heavy (non-hydrogen) atoms. The van der Waals surface area contributed by atoms with E-state index in [0.29, 0.717) is 31.7 Å². The van der Waals surface area contributed by atoms with Crippen LogP contribution in [0.15, 0.2) is 29.2 Å². The van der Waals surface area contributed by atoms with Crippen LogP contribution in [0.3, 0.4) is 0 Å². The lowest BCUT2D eigenvalue weighted by Gasteiger charge is -2.37. The van der Waals surface area contributed by atoms with E-state index >= 15 is 0 Å². The lowest BCUT2D eigenvalue weighted by Crippen LogP contribution is -2.55. The van der Waals surface area contributed by atoms with Crippen LogP contribution in [0.25, 0.3) is 0 Å². The first-order valence-corrected chi connectivity index (χ1v) is 10.9. The molecule has 0 radical (unpaired) electrons. The molecular formula is C18H26ClN3O4S. The van der Waals surface area contributed by atoms with E-state index in [1.165, 1.54) is 12.1 Å². The van der Waals surface area contributed by atoms with Gasteiger partial charge in [-0.15, -0.1) is 12.4 Å². The minimum atomic E-state index is -3.35. The Bertz CT molecular complexity index is 786. The number of nitrogens with one attached hydrogen (secondary N) is 1. The summed E-state index contributed by atoms with van der Waals surface area (Å²) in [7, 11) is -3.35. The molecule has 9 heteroatoms. The summed E-state index contributed by atoms with van der Waals surface area (Å²) in [5.41, 5.74) is 0.363. The molecule has 2 amide bonds. The Morgan fingerprint density at radius 2 is 1.74 bits per heavy atom. The van der Waals surface area contributed by atoms with Gasteiger partial charge in [-0.05, 0) is 37.6 Å². The van der Waals surface area contributed by atoms with Crippen molar-refractivity contribution in [3.63, 3.8) is 0 Å². The number of carbonyl (C=O) groups excluding carboxylic acids is 2. The van der Waals surface area contributed by atoms with Crippen molar-refractivity contribution in [3.05, 3.63) is 29.8 Å². The molecule has 2 aliphatic rings. The molecule has 0 bridgehead atoms. The molecule has 0 saturated carbocycles. The van der Waals surface area contributed by atoms with Crippen LogP contribution in [0.1, 0.15) is 29.6 Å². The molecular weight excluding hydrogens is 390 g/mol. The van der Waals surface area contributed by atoms with Crippen LogP contribution in [0.4, 0.5) is 0 Å². The fourth-order valence-electron chi connectivity index (χ4n) is 3.46. The average Bonchev–Trinajstić information content (AvgIpc) is 2.67. The number of piperidine rings is 1. The Balaban J connectivity index is 0.00000261. The second kappa shape index (κ2) is 9.03. The quantitative estimate of drug-likeness (QED) is 0.793. The molecule has 1 atom stereocenters. The summed E-state index contributed by atoms with van der Waals surface area (Å²) in [6.45, 7) is 2.81. The second-order valence-electron chi connectivity index (χ2n) is 6.92. The third-order valence-electron chi connectivity index (χ3n) is 5.00. The van der Waals surface area contributed by atoms with Gasteiger partial charge in [0.15, 0.2) is 9.84 Å². The lowest BCUT2D eigenvalue weighted by atomic mass is 10.0. The van der Waals surface area contributed by atoms with Gasteiger partial charge in [0.25, 0.3) is 5.91 Å². The largest absolute Gasteiger partial charge is 0.338 e. The van der Waals surface area contributed by atoms with Crippen molar-refractivity contribution in [3.8, 4) is 0 Å². The molecule has 1 aromatic carbocycles. The molecule has 0 spiro atoms. The molecule has 2 heterocycles. The van der Waals surface area contributed by atoms with Gasteiger partial charge in [0.05, 0.1) is 10.9 Å². The zero-order chi connectivity index (χ0) is 18.7. The first kappa shape index (κ1) is 21.7. The summed E-state index contributed by atoms with van der Waals surface area (Å²) in [6.07, 6.45) is 4.17. The van der Waals surface area contributed by atoms with Gasteiger partial charge < -0.3 is 15.1 Å². The van der Waals surface area contributed by atoms with E-state index in [1.54, 1.807) is 17.0 Å². The molecule has 2 aliphatic heterocycles. The van der Waals surface area contributed by atoms with Crippen LogP contribution in [0.5, 0.6) is 0 Å². The second-order valence-corrected chi connectivity index (χ2v) is 8.94. The highest BCUT2D eigenvalue weighted by atomic mass is 35.5. The average molecular weight is 416 g/mol. The van der Waals surface area contributed by atoms with Crippen molar-refractivity contribution < 1.29 is 18.0 Å². The van der Waals surface area contributed by atoms with E-state index in [4.69, 9.17) is 0 Å². The molecule has 1 unspecified atom stereocenters. The fraction of sp³-hybridized carbons (Fsp3) is 0.556. The Morgan fingerprint density at radius 3 is 2.33 bits per heavy atom. The number of carbonyl (C=O) groups is 2. The summed E-state index contributed by atoms with van der Waals surface area (Å²) in [5.74, 6) is -0.0748. The summed E-state index contributed by atoms with van der Waals surface area (Å²) in [4.78, 5) is 28.9. The molecule has 150 valence electrons. The van der Waals surface area contributed by atoms with Crippen molar-refractivity contribution in [1.29, 1.82) is 0 Å². The molecule has 2 saturated heterocycles. The normalized spacial score (nSPS) is 20.7. The van der Waals surface area contributed by atoms with Gasteiger partial charge in [0, 0.05) is 38.0 Å². The number of amides is 2. The van der Waals surface area contributed by atoms with Crippen LogP contribution in [-0.2, 0) is 14.6 Å². The topological polar surface area (TPSA) is 86.8 Å². The molecule has 0 aliphatic carbocycles. The van der Waals surface area contributed by atoms with Gasteiger partial charge in [0.1, 0.15) is 0 Å². The zero-order valence-electron chi connectivity index (χ0n) is 15.4. The van der Waals surface area contributed by atoms with Gasteiger partial charge in [-0.2, -0.15) is 0 Å². The Labute approximate surface area is 166 Å². The Morgan fingerprint density at radius 1 is 1.07 bits per heavy atom. The van der Waals surface area contributed by atoms with E-state index in [1.807, 2.05) is 4.90 Å². The number of halogens is 1. The predicted molar refractivity (Wildman–Crippen MR) is 105 cm³/mol. The third-order valence-corrected chi connectivity index (χ3v) is 6.11. The number of rotatable bonds is 3. The van der Waals surface area contributed by atoms with Gasteiger partial charge in [-0.3, -0.25) is 9.59 Å². The summed E-state index contributed by atoms with van der Waals surface area (Å²) in [5, 5.41) is 3.27. The summed E-state index contributed by atoms with van der Waals surface area (Å²) in [6, 6.07) is 6.01. The first-order chi connectivity index (χ1) is 12.4. The lowest BCUT2D eigenvalue weighted by molar-refractivity contribution is -0.135. The van der Waals surface area contributed by atoms with Gasteiger partial charge in [-0.25, -0.2) is 8.42 Å². The molecule has 7 nitrogen and oxygen atoms in total. The standard InChI is InChI=1S/C18H25N3O4S.ClH/c1-26(24,25)15-6-4-5-14(13-15)17(22)20-9-11-21(12-10-20)18(23)16-7-2-3-8-19-16;/h4-6,13,16,19H,2-3,7-12H2,1H3;1H. The van der Waals surface area contributed by atoms with Crippen LogP contribution >= 0.6 is 12.4 Å². The van der Waals surface area contributed by atoms with Crippen molar-refractivity contribution >= 4 is 34.1 Å². The molecule has 2 fully saturated rings. The first-order valence-electron chi connectivity index (χ1n) is 8.98. The Kier molecular flexibility index (Phi) is 7.25. The predicted octanol–water partition coefficient (Wildman–Crippen LogP) is 0.938. The highest BCUT2D eigenvalue weighted by Gasteiger charge is 2.30. The van der Waals surface area contributed by atoms with Crippen molar-refractivity contribution in [1.82, 2.24) is 15.1 Å². The maximum absolute atomic E-state index is 12.7. The SMILES string of the molecule is CS(=O)(=O)c1cccc(C(=O)N2CCN(C(=O)C3CCCCN3)CC2)c1.Cl. The third kappa shape index (κ3) is 5.21. The van der Waals surface area contributed by atoms with E-state index in [-0.39, 0.29) is 35.2 Å². The number of benzene rings is 1. The van der Waals surface area contributed by atoms with E-state index in [0.717, 1.165) is 32.1 Å². The number of hydrogen-bond donors (Lipinski definition) is 1. The minimum Gasteiger partial charge on any atom is -0.338 e. The van der Waals surface area contributed by atoms with Crippen molar-refractivity contribution in [2.24, 2.45) is 0 Å². The summed E-state index contributed by atoms with van der Waals surface area (Å²) >= 11 is 0. The van der Waals surface area contributed by atoms with E-state index < -0.39 is 9.84 Å². The van der Waals surface area contributed by atoms with Crippen LogP contribution in [-0.4, -0.2) is 75.1 Å². The van der Waals surface area contributed by atoms with Crippen LogP contribution in [0.2, 0.25) is 0 Å². The van der Waals surface area contributed by atoms with Gasteiger partial charge in [0.2, 0.25) is 5.91 Å². The van der Waals surface area contributed by atoms with Crippen LogP contribution < -0.4 is 5.32 Å². The van der Waals surface area contributed by atoms with Gasteiger partial charge >= 0.3 is 0 Å². The number of hydrogen-bond acceptors (Lipinski definition) is 5. The Hall–Kier alpha value is -1.64. The fourth-order valence-corrected chi connectivity index (χ4v) is 4.12. The molecule has 1 N–H and O–H groups in total. The minimum absolute atomic E-state index is 0. The highest BCUT2D eigenvalue weighted by Crippen LogP contribution is 2.16. The van der Waals surface area contributed by atoms with Gasteiger partial charge in [-0.1, -0.05) is 12.5 Å².